The Balaban J connectivity index is 3.40. The Kier molecular flexibility index (Phi) is 3.35. The summed E-state index contributed by atoms with van der Waals surface area (Å²) in [5.74, 6) is -0.275. The molecule has 0 N–H and O–H groups in total. The van der Waals surface area contributed by atoms with Crippen LogP contribution in [0.3, 0.4) is 0 Å². The molecule has 0 amide bonds. The lowest BCUT2D eigenvalue weighted by molar-refractivity contribution is 0.111. The Morgan fingerprint density at radius 3 is 2.71 bits per heavy atom. The molecule has 0 atom stereocenters. The van der Waals surface area contributed by atoms with E-state index in [1.54, 1.807) is 0 Å². The number of halogens is 3. The largest absolute Gasteiger partial charge is 0.494 e. The second-order valence-corrected chi connectivity index (χ2v) is 2.76. The van der Waals surface area contributed by atoms with E-state index in [0.717, 1.165) is 6.20 Å². The molecule has 0 aliphatic heterocycles. The minimum Gasteiger partial charge on any atom is -0.494 e. The topological polar surface area (TPSA) is 39.2 Å². The second-order valence-electron chi connectivity index (χ2n) is 2.36. The quantitative estimate of drug-likeness (QED) is 0.736. The smallest absolute Gasteiger partial charge is 0.284 e. The fourth-order valence-corrected chi connectivity index (χ4v) is 1.16. The molecule has 0 saturated carbocycles. The van der Waals surface area contributed by atoms with Crippen LogP contribution < -0.4 is 4.74 Å². The molecule has 0 bridgehead atoms. The van der Waals surface area contributed by atoms with Crippen molar-refractivity contribution in [2.24, 2.45) is 0 Å². The molecular formula is C8H6ClF2NO2. The number of aldehydes is 1. The van der Waals surface area contributed by atoms with Gasteiger partial charge in [-0.05, 0) is 0 Å². The number of ether oxygens (including phenoxy) is 1. The zero-order valence-corrected chi connectivity index (χ0v) is 7.89. The summed E-state index contributed by atoms with van der Waals surface area (Å²) in [5.41, 5.74) is -0.696. The van der Waals surface area contributed by atoms with Gasteiger partial charge in [-0.25, -0.2) is 13.8 Å². The van der Waals surface area contributed by atoms with Crippen molar-refractivity contribution >= 4 is 17.9 Å². The Morgan fingerprint density at radius 1 is 1.64 bits per heavy atom. The molecular weight excluding hydrogens is 216 g/mol. The van der Waals surface area contributed by atoms with Crippen LogP contribution >= 0.6 is 11.6 Å². The summed E-state index contributed by atoms with van der Waals surface area (Å²) in [6, 6.07) is 0. The summed E-state index contributed by atoms with van der Waals surface area (Å²) < 4.78 is 29.4. The number of aromatic nitrogens is 1. The van der Waals surface area contributed by atoms with Crippen molar-refractivity contribution in [2.45, 2.75) is 6.43 Å². The maximum atomic E-state index is 12.4. The van der Waals surface area contributed by atoms with Gasteiger partial charge in [0.05, 0.1) is 17.7 Å². The molecule has 6 heteroatoms. The highest BCUT2D eigenvalue weighted by Crippen LogP contribution is 2.32. The number of hydrogen-bond acceptors (Lipinski definition) is 3. The van der Waals surface area contributed by atoms with Crippen LogP contribution in [0.5, 0.6) is 5.75 Å². The van der Waals surface area contributed by atoms with Gasteiger partial charge in [0, 0.05) is 6.20 Å². The van der Waals surface area contributed by atoms with E-state index in [4.69, 9.17) is 11.6 Å². The van der Waals surface area contributed by atoms with Crippen LogP contribution in [-0.4, -0.2) is 18.4 Å². The van der Waals surface area contributed by atoms with Gasteiger partial charge < -0.3 is 4.74 Å². The monoisotopic (exact) mass is 221 g/mol. The molecule has 1 rings (SSSR count). The van der Waals surface area contributed by atoms with Gasteiger partial charge in [0.1, 0.15) is 5.69 Å². The van der Waals surface area contributed by atoms with Crippen molar-refractivity contribution in [1.29, 1.82) is 0 Å². The molecule has 1 heterocycles. The fourth-order valence-electron chi connectivity index (χ4n) is 0.981. The van der Waals surface area contributed by atoms with Gasteiger partial charge in [0.2, 0.25) is 0 Å². The van der Waals surface area contributed by atoms with Gasteiger partial charge in [-0.2, -0.15) is 0 Å². The van der Waals surface area contributed by atoms with Gasteiger partial charge in [0.25, 0.3) is 6.43 Å². The number of carbonyl (C=O) groups is 1. The van der Waals surface area contributed by atoms with Gasteiger partial charge in [-0.1, -0.05) is 11.6 Å². The molecule has 1 aromatic rings. The average Bonchev–Trinajstić information content (AvgIpc) is 2.16. The van der Waals surface area contributed by atoms with Crippen LogP contribution in [0.1, 0.15) is 22.5 Å². The maximum absolute atomic E-state index is 12.4. The highest BCUT2D eigenvalue weighted by atomic mass is 35.5. The molecule has 3 nitrogen and oxygen atoms in total. The number of alkyl halides is 2. The van der Waals surface area contributed by atoms with Crippen molar-refractivity contribution < 1.29 is 18.3 Å². The lowest BCUT2D eigenvalue weighted by Gasteiger charge is -2.09. The third kappa shape index (κ3) is 1.82. The summed E-state index contributed by atoms with van der Waals surface area (Å²) in [6.07, 6.45) is -1.45. The number of methoxy groups -OCH3 is 1. The number of rotatable bonds is 3. The van der Waals surface area contributed by atoms with Crippen LogP contribution in [0.4, 0.5) is 8.78 Å². The summed E-state index contributed by atoms with van der Waals surface area (Å²) in [7, 11) is 1.17. The van der Waals surface area contributed by atoms with E-state index < -0.39 is 12.1 Å². The Bertz CT molecular complexity index is 357. The summed E-state index contributed by atoms with van der Waals surface area (Å²) in [6.45, 7) is 0. The molecule has 14 heavy (non-hydrogen) atoms. The van der Waals surface area contributed by atoms with E-state index in [9.17, 15) is 13.6 Å². The number of nitrogens with zero attached hydrogens (tertiary/aromatic N) is 1. The minimum atomic E-state index is -2.80. The summed E-state index contributed by atoms with van der Waals surface area (Å²) >= 11 is 5.57. The SMILES string of the molecule is COc1c(C(F)F)ncc(Cl)c1C=O. The van der Waals surface area contributed by atoms with Crippen molar-refractivity contribution in [3.63, 3.8) is 0 Å². The molecule has 76 valence electrons. The number of hydrogen-bond donors (Lipinski definition) is 0. The molecule has 0 spiro atoms. The first-order valence-electron chi connectivity index (χ1n) is 3.57. The molecule has 0 aromatic carbocycles. The Morgan fingerprint density at radius 2 is 2.29 bits per heavy atom. The lowest BCUT2D eigenvalue weighted by Crippen LogP contribution is -2.01. The zero-order chi connectivity index (χ0) is 10.7. The van der Waals surface area contributed by atoms with E-state index in [2.05, 4.69) is 9.72 Å². The molecule has 0 radical (unpaired) electrons. The summed E-state index contributed by atoms with van der Waals surface area (Å²) in [4.78, 5) is 13.9. The van der Waals surface area contributed by atoms with Crippen molar-refractivity contribution in [1.82, 2.24) is 4.98 Å². The first-order chi connectivity index (χ1) is 6.61. The third-order valence-corrected chi connectivity index (χ3v) is 1.88. The molecule has 0 saturated heterocycles. The number of carbonyl (C=O) groups excluding carboxylic acids is 1. The van der Waals surface area contributed by atoms with Crippen molar-refractivity contribution in [3.8, 4) is 5.75 Å². The van der Waals surface area contributed by atoms with E-state index in [1.165, 1.54) is 7.11 Å². The highest BCUT2D eigenvalue weighted by Gasteiger charge is 2.20. The third-order valence-electron chi connectivity index (χ3n) is 1.58. The first kappa shape index (κ1) is 10.8. The van der Waals surface area contributed by atoms with Gasteiger partial charge in [0.15, 0.2) is 12.0 Å². The van der Waals surface area contributed by atoms with Gasteiger partial charge >= 0.3 is 0 Å². The molecule has 0 fully saturated rings. The van der Waals surface area contributed by atoms with Gasteiger partial charge in [-0.3, -0.25) is 4.79 Å². The molecule has 0 aliphatic rings. The minimum absolute atomic E-state index is 0.0127. The molecule has 0 aliphatic carbocycles. The predicted octanol–water partition coefficient (Wildman–Crippen LogP) is 2.49. The highest BCUT2D eigenvalue weighted by molar-refractivity contribution is 6.33. The van der Waals surface area contributed by atoms with E-state index >= 15 is 0 Å². The van der Waals surface area contributed by atoms with Crippen molar-refractivity contribution in [3.05, 3.63) is 22.5 Å². The van der Waals surface area contributed by atoms with Crippen LogP contribution in [0.25, 0.3) is 0 Å². The maximum Gasteiger partial charge on any atom is 0.284 e. The standard InChI is InChI=1S/C8H6ClF2NO2/c1-14-7-4(3-13)5(9)2-12-6(7)8(10)11/h2-3,8H,1H3. The normalized spacial score (nSPS) is 10.4. The Hall–Kier alpha value is -1.23. The molecule has 0 unspecified atom stereocenters. The Labute approximate surface area is 83.7 Å². The van der Waals surface area contributed by atoms with Crippen LogP contribution in [0, 0.1) is 0 Å². The van der Waals surface area contributed by atoms with E-state index in [1.807, 2.05) is 0 Å². The molecule has 1 aromatic heterocycles. The average molecular weight is 222 g/mol. The predicted molar refractivity (Wildman–Crippen MR) is 46.1 cm³/mol. The van der Waals surface area contributed by atoms with Gasteiger partial charge in [-0.15, -0.1) is 0 Å². The van der Waals surface area contributed by atoms with Crippen molar-refractivity contribution in [2.75, 3.05) is 7.11 Å². The second kappa shape index (κ2) is 4.32. The zero-order valence-electron chi connectivity index (χ0n) is 7.13. The van der Waals surface area contributed by atoms with E-state index in [0.29, 0.717) is 6.29 Å². The van der Waals surface area contributed by atoms with Crippen LogP contribution in [0.2, 0.25) is 5.02 Å². The van der Waals surface area contributed by atoms with E-state index in [-0.39, 0.29) is 16.3 Å². The van der Waals surface area contributed by atoms with Crippen LogP contribution in [0.15, 0.2) is 6.20 Å². The fraction of sp³-hybridized carbons (Fsp3) is 0.250. The van der Waals surface area contributed by atoms with Crippen LogP contribution in [-0.2, 0) is 0 Å². The lowest BCUT2D eigenvalue weighted by atomic mass is 10.2. The summed E-state index contributed by atoms with van der Waals surface area (Å²) in [5, 5.41) is -0.0127. The first-order valence-corrected chi connectivity index (χ1v) is 3.95. The number of pyridine rings is 1.